The third kappa shape index (κ3) is 7.06. The van der Waals surface area contributed by atoms with Crippen molar-refractivity contribution in [1.82, 2.24) is 5.32 Å². The summed E-state index contributed by atoms with van der Waals surface area (Å²) in [5, 5.41) is 13.9. The molecular formula is C24H25N3O5S2. The zero-order valence-electron chi connectivity index (χ0n) is 18.4. The Morgan fingerprint density at radius 2 is 1.65 bits per heavy atom. The first-order valence-corrected chi connectivity index (χ1v) is 13.2. The van der Waals surface area contributed by atoms with Crippen LogP contribution in [0.2, 0.25) is 0 Å². The molecule has 1 N–H and O–H groups in total. The van der Waals surface area contributed by atoms with Crippen LogP contribution in [0.15, 0.2) is 89.8 Å². The fourth-order valence-electron chi connectivity index (χ4n) is 3.15. The number of hydrogen-bond donors (Lipinski definition) is 1. The molecule has 0 fully saturated rings. The lowest BCUT2D eigenvalue weighted by molar-refractivity contribution is -0.384. The van der Waals surface area contributed by atoms with Crippen LogP contribution in [-0.4, -0.2) is 38.1 Å². The number of nitrogens with zero attached hydrogens (tertiary/aromatic N) is 2. The second-order valence-electron chi connectivity index (χ2n) is 7.34. The van der Waals surface area contributed by atoms with Gasteiger partial charge in [-0.2, -0.15) is 11.8 Å². The highest BCUT2D eigenvalue weighted by atomic mass is 32.2. The average molecular weight is 500 g/mol. The number of carbonyl (C=O) groups is 1. The molecule has 0 aliphatic rings. The van der Waals surface area contributed by atoms with Crippen molar-refractivity contribution in [1.29, 1.82) is 0 Å². The van der Waals surface area contributed by atoms with Crippen LogP contribution in [0.5, 0.6) is 0 Å². The third-order valence-electron chi connectivity index (χ3n) is 4.85. The number of hydrogen-bond acceptors (Lipinski definition) is 6. The molecule has 3 rings (SSSR count). The van der Waals surface area contributed by atoms with Crippen LogP contribution in [0.4, 0.5) is 11.4 Å². The minimum absolute atomic E-state index is 0.00776. The summed E-state index contributed by atoms with van der Waals surface area (Å²) in [4.78, 5) is 23.2. The summed E-state index contributed by atoms with van der Waals surface area (Å²) in [7, 11) is -4.12. The van der Waals surface area contributed by atoms with E-state index in [1.165, 1.54) is 35.9 Å². The van der Waals surface area contributed by atoms with Crippen LogP contribution in [0, 0.1) is 10.1 Å². The number of thioether (sulfide) groups is 1. The summed E-state index contributed by atoms with van der Waals surface area (Å²) in [6, 6.07) is 23.0. The van der Waals surface area contributed by atoms with Crippen molar-refractivity contribution in [3.8, 4) is 0 Å². The van der Waals surface area contributed by atoms with E-state index in [-0.39, 0.29) is 16.3 Å². The molecular weight excluding hydrogens is 474 g/mol. The number of non-ortho nitro benzene ring substituents is 1. The summed E-state index contributed by atoms with van der Waals surface area (Å²) in [5.74, 6) is 1.23. The van der Waals surface area contributed by atoms with Gasteiger partial charge in [0.1, 0.15) is 6.54 Å². The van der Waals surface area contributed by atoms with Crippen molar-refractivity contribution in [2.75, 3.05) is 23.1 Å². The molecule has 0 spiro atoms. The zero-order chi connectivity index (χ0) is 24.4. The van der Waals surface area contributed by atoms with Gasteiger partial charge in [0.25, 0.3) is 15.7 Å². The molecule has 34 heavy (non-hydrogen) atoms. The standard InChI is InChI=1S/C24H25N3O5S2/c28-24(25-15-8-16-33-19-20-9-3-1-4-10-20)18-26(21-11-7-12-22(17-21)27(29)30)34(31,32)23-13-5-2-6-14-23/h1-7,9-14,17H,8,15-16,18-19H2,(H,25,28). The highest BCUT2D eigenvalue weighted by Crippen LogP contribution is 2.26. The molecule has 0 atom stereocenters. The molecule has 0 saturated carbocycles. The Kier molecular flexibility index (Phi) is 9.06. The maximum absolute atomic E-state index is 13.3. The summed E-state index contributed by atoms with van der Waals surface area (Å²) in [6.45, 7) is -0.0929. The van der Waals surface area contributed by atoms with Gasteiger partial charge in [0.05, 0.1) is 15.5 Å². The van der Waals surface area contributed by atoms with Crippen LogP contribution >= 0.6 is 11.8 Å². The fraction of sp³-hybridized carbons (Fsp3) is 0.208. The second-order valence-corrected chi connectivity index (χ2v) is 10.3. The van der Waals surface area contributed by atoms with Gasteiger partial charge in [0.15, 0.2) is 0 Å². The van der Waals surface area contributed by atoms with Crippen LogP contribution < -0.4 is 9.62 Å². The van der Waals surface area contributed by atoms with E-state index in [2.05, 4.69) is 17.4 Å². The quantitative estimate of drug-likeness (QED) is 0.227. The largest absolute Gasteiger partial charge is 0.354 e. The van der Waals surface area contributed by atoms with Crippen molar-refractivity contribution in [3.63, 3.8) is 0 Å². The highest BCUT2D eigenvalue weighted by molar-refractivity contribution is 7.98. The van der Waals surface area contributed by atoms with Gasteiger partial charge in [-0.15, -0.1) is 0 Å². The van der Waals surface area contributed by atoms with Gasteiger partial charge in [0, 0.05) is 24.4 Å². The van der Waals surface area contributed by atoms with Crippen molar-refractivity contribution in [3.05, 3.63) is 101 Å². The van der Waals surface area contributed by atoms with Crippen molar-refractivity contribution >= 4 is 39.1 Å². The SMILES string of the molecule is O=C(CN(c1cccc([N+](=O)[O-])c1)S(=O)(=O)c1ccccc1)NCCCSCc1ccccc1. The Bertz CT molecular complexity index is 1210. The Morgan fingerprint density at radius 1 is 0.971 bits per heavy atom. The molecule has 8 nitrogen and oxygen atoms in total. The molecule has 3 aromatic carbocycles. The predicted molar refractivity (Wildman–Crippen MR) is 134 cm³/mol. The normalized spacial score (nSPS) is 11.1. The van der Waals surface area contributed by atoms with E-state index >= 15 is 0 Å². The number of amides is 1. The van der Waals surface area contributed by atoms with Crippen molar-refractivity contribution in [2.24, 2.45) is 0 Å². The molecule has 1 amide bonds. The zero-order valence-corrected chi connectivity index (χ0v) is 20.0. The van der Waals surface area contributed by atoms with Gasteiger partial charge in [-0.3, -0.25) is 19.2 Å². The number of sulfonamides is 1. The minimum atomic E-state index is -4.12. The van der Waals surface area contributed by atoms with Gasteiger partial charge in [0.2, 0.25) is 5.91 Å². The molecule has 0 unspecified atom stereocenters. The van der Waals surface area contributed by atoms with E-state index in [4.69, 9.17) is 0 Å². The number of nitro benzene ring substituents is 1. The van der Waals surface area contributed by atoms with Crippen molar-refractivity contribution < 1.29 is 18.1 Å². The Balaban J connectivity index is 1.64. The third-order valence-corrected chi connectivity index (χ3v) is 7.75. The van der Waals surface area contributed by atoms with E-state index in [1.54, 1.807) is 30.0 Å². The minimum Gasteiger partial charge on any atom is -0.354 e. The number of rotatable bonds is 12. The first-order chi connectivity index (χ1) is 16.4. The van der Waals surface area contributed by atoms with Gasteiger partial charge >= 0.3 is 0 Å². The molecule has 0 bridgehead atoms. The maximum Gasteiger partial charge on any atom is 0.271 e. The fourth-order valence-corrected chi connectivity index (χ4v) is 5.50. The van der Waals surface area contributed by atoms with E-state index in [1.807, 2.05) is 18.2 Å². The van der Waals surface area contributed by atoms with Gasteiger partial charge in [-0.25, -0.2) is 8.42 Å². The summed E-state index contributed by atoms with van der Waals surface area (Å²) < 4.78 is 27.4. The summed E-state index contributed by atoms with van der Waals surface area (Å²) >= 11 is 1.75. The van der Waals surface area contributed by atoms with Crippen molar-refractivity contribution in [2.45, 2.75) is 17.1 Å². The lowest BCUT2D eigenvalue weighted by Crippen LogP contribution is -2.41. The maximum atomic E-state index is 13.3. The van der Waals surface area contributed by atoms with E-state index in [0.29, 0.717) is 6.54 Å². The molecule has 0 aliphatic carbocycles. The number of anilines is 1. The van der Waals surface area contributed by atoms with Gasteiger partial charge < -0.3 is 5.32 Å². The summed E-state index contributed by atoms with van der Waals surface area (Å²) in [6.07, 6.45) is 0.728. The molecule has 0 aliphatic heterocycles. The summed E-state index contributed by atoms with van der Waals surface area (Å²) in [5.41, 5.74) is 1.02. The molecule has 0 saturated heterocycles. The van der Waals surface area contributed by atoms with Gasteiger partial charge in [-0.05, 0) is 35.9 Å². The molecule has 0 heterocycles. The second kappa shape index (κ2) is 12.2. The van der Waals surface area contributed by atoms with Crippen LogP contribution in [0.1, 0.15) is 12.0 Å². The molecule has 3 aromatic rings. The van der Waals surface area contributed by atoms with Crippen LogP contribution in [-0.2, 0) is 20.6 Å². The number of nitro groups is 1. The highest BCUT2D eigenvalue weighted by Gasteiger charge is 2.28. The number of carbonyl (C=O) groups excluding carboxylic acids is 1. The van der Waals surface area contributed by atoms with Crippen LogP contribution in [0.25, 0.3) is 0 Å². The Labute approximate surface area is 203 Å². The van der Waals surface area contributed by atoms with E-state index in [0.717, 1.165) is 28.3 Å². The lowest BCUT2D eigenvalue weighted by Gasteiger charge is -2.24. The number of nitrogens with one attached hydrogen (secondary N) is 1. The van der Waals surface area contributed by atoms with Gasteiger partial charge in [-0.1, -0.05) is 54.6 Å². The predicted octanol–water partition coefficient (Wildman–Crippen LogP) is 4.23. The molecule has 0 aromatic heterocycles. The first kappa shape index (κ1) is 25.3. The number of benzene rings is 3. The smallest absolute Gasteiger partial charge is 0.271 e. The average Bonchev–Trinajstić information content (AvgIpc) is 2.85. The van der Waals surface area contributed by atoms with E-state index < -0.39 is 27.4 Å². The van der Waals surface area contributed by atoms with E-state index in [9.17, 15) is 23.3 Å². The Morgan fingerprint density at radius 3 is 2.32 bits per heavy atom. The topological polar surface area (TPSA) is 110 Å². The first-order valence-electron chi connectivity index (χ1n) is 10.6. The van der Waals surface area contributed by atoms with Crippen LogP contribution in [0.3, 0.4) is 0 Å². The molecule has 178 valence electrons. The monoisotopic (exact) mass is 499 g/mol. The molecule has 0 radical (unpaired) electrons. The molecule has 10 heteroatoms. The lowest BCUT2D eigenvalue weighted by atomic mass is 10.2. The Hall–Kier alpha value is -3.37.